The van der Waals surface area contributed by atoms with E-state index in [1.807, 2.05) is 0 Å². The molecular formula is C15H29ClN2O. The Labute approximate surface area is 123 Å². The molecule has 112 valence electrons. The Morgan fingerprint density at radius 2 is 1.84 bits per heavy atom. The second kappa shape index (κ2) is 8.80. The SMILES string of the molecule is Cl.NC1CCC(C(=O)NCCCCC2CCCC2)C1. The fourth-order valence-corrected chi connectivity index (χ4v) is 3.47. The molecule has 2 saturated carbocycles. The smallest absolute Gasteiger partial charge is 0.223 e. The van der Waals surface area contributed by atoms with Gasteiger partial charge in [-0.3, -0.25) is 4.79 Å². The van der Waals surface area contributed by atoms with E-state index in [2.05, 4.69) is 5.32 Å². The molecule has 0 aliphatic heterocycles. The minimum absolute atomic E-state index is 0. The zero-order valence-electron chi connectivity index (χ0n) is 11.9. The van der Waals surface area contributed by atoms with Crippen molar-refractivity contribution in [2.75, 3.05) is 6.54 Å². The Bertz CT molecular complexity index is 267. The van der Waals surface area contributed by atoms with Gasteiger partial charge in [0.05, 0.1) is 0 Å². The number of hydrogen-bond donors (Lipinski definition) is 2. The Balaban J connectivity index is 0.00000180. The van der Waals surface area contributed by atoms with Gasteiger partial charge in [0.25, 0.3) is 0 Å². The fourth-order valence-electron chi connectivity index (χ4n) is 3.47. The lowest BCUT2D eigenvalue weighted by Gasteiger charge is -2.11. The Hall–Kier alpha value is -0.280. The van der Waals surface area contributed by atoms with Crippen LogP contribution in [-0.2, 0) is 4.79 Å². The van der Waals surface area contributed by atoms with Crippen LogP contribution in [0.15, 0.2) is 0 Å². The topological polar surface area (TPSA) is 55.1 Å². The van der Waals surface area contributed by atoms with Gasteiger partial charge in [0, 0.05) is 18.5 Å². The van der Waals surface area contributed by atoms with Crippen LogP contribution in [-0.4, -0.2) is 18.5 Å². The van der Waals surface area contributed by atoms with Gasteiger partial charge >= 0.3 is 0 Å². The van der Waals surface area contributed by atoms with Gasteiger partial charge in [0.15, 0.2) is 0 Å². The average molecular weight is 289 g/mol. The summed E-state index contributed by atoms with van der Waals surface area (Å²) in [4.78, 5) is 11.8. The van der Waals surface area contributed by atoms with E-state index in [4.69, 9.17) is 5.73 Å². The molecule has 2 fully saturated rings. The fraction of sp³-hybridized carbons (Fsp3) is 0.933. The maximum absolute atomic E-state index is 11.8. The third kappa shape index (κ3) is 5.70. The van der Waals surface area contributed by atoms with E-state index in [1.54, 1.807) is 0 Å². The highest BCUT2D eigenvalue weighted by Crippen LogP contribution is 2.28. The van der Waals surface area contributed by atoms with Crippen LogP contribution in [0, 0.1) is 11.8 Å². The molecule has 0 bridgehead atoms. The molecule has 2 atom stereocenters. The van der Waals surface area contributed by atoms with Crippen molar-refractivity contribution in [2.45, 2.75) is 70.3 Å². The zero-order chi connectivity index (χ0) is 12.8. The van der Waals surface area contributed by atoms with E-state index in [0.29, 0.717) is 0 Å². The van der Waals surface area contributed by atoms with Crippen molar-refractivity contribution in [3.63, 3.8) is 0 Å². The van der Waals surface area contributed by atoms with E-state index in [0.717, 1.165) is 38.1 Å². The first-order chi connectivity index (χ1) is 8.75. The van der Waals surface area contributed by atoms with Gasteiger partial charge in [0.2, 0.25) is 5.91 Å². The molecule has 0 heterocycles. The van der Waals surface area contributed by atoms with Crippen LogP contribution in [0.25, 0.3) is 0 Å². The van der Waals surface area contributed by atoms with Crippen molar-refractivity contribution in [2.24, 2.45) is 17.6 Å². The van der Waals surface area contributed by atoms with Crippen molar-refractivity contribution in [3.05, 3.63) is 0 Å². The number of unbranched alkanes of at least 4 members (excludes halogenated alkanes) is 1. The number of nitrogens with two attached hydrogens (primary N) is 1. The second-order valence-corrected chi connectivity index (χ2v) is 6.21. The normalized spacial score (nSPS) is 27.2. The van der Waals surface area contributed by atoms with Gasteiger partial charge in [-0.05, 0) is 31.6 Å². The molecule has 0 saturated heterocycles. The molecular weight excluding hydrogens is 260 g/mol. The number of halogens is 1. The number of hydrogen-bond acceptors (Lipinski definition) is 2. The molecule has 0 radical (unpaired) electrons. The first-order valence-corrected chi connectivity index (χ1v) is 7.79. The van der Waals surface area contributed by atoms with Crippen molar-refractivity contribution in [1.29, 1.82) is 0 Å². The molecule has 0 aromatic carbocycles. The van der Waals surface area contributed by atoms with E-state index in [-0.39, 0.29) is 30.3 Å². The van der Waals surface area contributed by atoms with Crippen LogP contribution in [0.3, 0.4) is 0 Å². The number of amides is 1. The third-order valence-electron chi connectivity index (χ3n) is 4.66. The molecule has 4 heteroatoms. The number of carbonyl (C=O) groups is 1. The summed E-state index contributed by atoms with van der Waals surface area (Å²) in [5.74, 6) is 1.41. The van der Waals surface area contributed by atoms with Gasteiger partial charge in [-0.15, -0.1) is 12.4 Å². The van der Waals surface area contributed by atoms with E-state index in [1.165, 1.54) is 38.5 Å². The van der Waals surface area contributed by atoms with E-state index < -0.39 is 0 Å². The van der Waals surface area contributed by atoms with Crippen LogP contribution in [0.4, 0.5) is 0 Å². The molecule has 0 aromatic rings. The lowest BCUT2D eigenvalue weighted by atomic mass is 10.0. The summed E-state index contributed by atoms with van der Waals surface area (Å²) in [6, 6.07) is 0.253. The number of rotatable bonds is 6. The van der Waals surface area contributed by atoms with Crippen LogP contribution in [0.5, 0.6) is 0 Å². The summed E-state index contributed by atoms with van der Waals surface area (Å²) >= 11 is 0. The summed E-state index contributed by atoms with van der Waals surface area (Å²) < 4.78 is 0. The van der Waals surface area contributed by atoms with Gasteiger partial charge in [-0.2, -0.15) is 0 Å². The predicted molar refractivity (Wildman–Crippen MR) is 81.4 cm³/mol. The van der Waals surface area contributed by atoms with Gasteiger partial charge < -0.3 is 11.1 Å². The molecule has 2 aliphatic carbocycles. The van der Waals surface area contributed by atoms with E-state index >= 15 is 0 Å². The summed E-state index contributed by atoms with van der Waals surface area (Å²) in [7, 11) is 0. The van der Waals surface area contributed by atoms with Crippen molar-refractivity contribution < 1.29 is 4.79 Å². The first-order valence-electron chi connectivity index (χ1n) is 7.79. The summed E-state index contributed by atoms with van der Waals surface area (Å²) in [5.41, 5.74) is 5.83. The second-order valence-electron chi connectivity index (χ2n) is 6.21. The minimum Gasteiger partial charge on any atom is -0.356 e. The third-order valence-corrected chi connectivity index (χ3v) is 4.66. The zero-order valence-corrected chi connectivity index (χ0v) is 12.7. The van der Waals surface area contributed by atoms with Gasteiger partial charge in [-0.25, -0.2) is 0 Å². The molecule has 0 spiro atoms. The Morgan fingerprint density at radius 3 is 2.47 bits per heavy atom. The highest BCUT2D eigenvalue weighted by atomic mass is 35.5. The molecule has 19 heavy (non-hydrogen) atoms. The van der Waals surface area contributed by atoms with Crippen LogP contribution in [0.1, 0.15) is 64.2 Å². The standard InChI is InChI=1S/C15H28N2O.ClH/c16-14-9-8-13(11-14)15(18)17-10-4-3-7-12-5-1-2-6-12;/h12-14H,1-11,16H2,(H,17,18);1H. The summed E-state index contributed by atoms with van der Waals surface area (Å²) in [5, 5.41) is 3.08. The highest BCUT2D eigenvalue weighted by molar-refractivity contribution is 5.85. The molecule has 1 amide bonds. The molecule has 2 aliphatic rings. The van der Waals surface area contributed by atoms with Crippen molar-refractivity contribution in [3.8, 4) is 0 Å². The van der Waals surface area contributed by atoms with Crippen LogP contribution in [0.2, 0.25) is 0 Å². The Kier molecular flexibility index (Phi) is 7.77. The predicted octanol–water partition coefficient (Wildman–Crippen LogP) is 3.01. The molecule has 3 nitrogen and oxygen atoms in total. The highest BCUT2D eigenvalue weighted by Gasteiger charge is 2.27. The summed E-state index contributed by atoms with van der Waals surface area (Å²) in [6.07, 6.45) is 12.4. The largest absolute Gasteiger partial charge is 0.356 e. The van der Waals surface area contributed by atoms with Crippen molar-refractivity contribution in [1.82, 2.24) is 5.32 Å². The lowest BCUT2D eigenvalue weighted by Crippen LogP contribution is -2.31. The minimum atomic E-state index is 0. The molecule has 3 N–H and O–H groups in total. The van der Waals surface area contributed by atoms with E-state index in [9.17, 15) is 4.79 Å². The van der Waals surface area contributed by atoms with Crippen LogP contribution < -0.4 is 11.1 Å². The summed E-state index contributed by atoms with van der Waals surface area (Å²) in [6.45, 7) is 0.858. The Morgan fingerprint density at radius 1 is 1.11 bits per heavy atom. The maximum Gasteiger partial charge on any atom is 0.223 e. The van der Waals surface area contributed by atoms with Gasteiger partial charge in [0.1, 0.15) is 0 Å². The molecule has 0 aromatic heterocycles. The molecule has 2 unspecified atom stereocenters. The monoisotopic (exact) mass is 288 g/mol. The van der Waals surface area contributed by atoms with Crippen molar-refractivity contribution >= 4 is 18.3 Å². The number of nitrogens with one attached hydrogen (secondary N) is 1. The average Bonchev–Trinajstić information content (AvgIpc) is 2.99. The maximum atomic E-state index is 11.8. The van der Waals surface area contributed by atoms with Gasteiger partial charge in [-0.1, -0.05) is 38.5 Å². The van der Waals surface area contributed by atoms with Crippen LogP contribution >= 0.6 is 12.4 Å². The molecule has 2 rings (SSSR count). The number of carbonyl (C=O) groups excluding carboxylic acids is 1. The quantitative estimate of drug-likeness (QED) is 0.738. The first kappa shape index (κ1) is 16.8. The lowest BCUT2D eigenvalue weighted by molar-refractivity contribution is -0.124.